The number of hydrogen-bond acceptors (Lipinski definition) is 3. The summed E-state index contributed by atoms with van der Waals surface area (Å²) >= 11 is 0. The second kappa shape index (κ2) is 8.99. The molecule has 0 saturated heterocycles. The third-order valence-corrected chi connectivity index (χ3v) is 5.80. The van der Waals surface area contributed by atoms with Crippen LogP contribution in [0.3, 0.4) is 0 Å². The number of aryl methyl sites for hydroxylation is 1. The lowest BCUT2D eigenvalue weighted by Crippen LogP contribution is -2.47. The first-order valence-corrected chi connectivity index (χ1v) is 10.4. The van der Waals surface area contributed by atoms with E-state index >= 15 is 0 Å². The monoisotopic (exact) mass is 402 g/mol. The van der Waals surface area contributed by atoms with Crippen LogP contribution in [0, 0.1) is 0 Å². The molecule has 4 rings (SSSR count). The van der Waals surface area contributed by atoms with Crippen LogP contribution < -0.4 is 10.6 Å². The molecular weight excluding hydrogens is 376 g/mol. The van der Waals surface area contributed by atoms with E-state index in [1.807, 2.05) is 18.2 Å². The average Bonchev–Trinajstić information content (AvgIpc) is 3.33. The number of benzene rings is 2. The Labute approximate surface area is 176 Å². The van der Waals surface area contributed by atoms with Gasteiger partial charge in [0.2, 0.25) is 5.91 Å². The molecule has 30 heavy (non-hydrogen) atoms. The highest BCUT2D eigenvalue weighted by Gasteiger charge is 2.31. The van der Waals surface area contributed by atoms with Crippen molar-refractivity contribution >= 4 is 11.8 Å². The number of fused-ring (bicyclic) bond motifs is 1. The maximum atomic E-state index is 13.0. The Balaban J connectivity index is 1.55. The van der Waals surface area contributed by atoms with Crippen molar-refractivity contribution in [2.24, 2.45) is 0 Å². The van der Waals surface area contributed by atoms with E-state index in [4.69, 9.17) is 4.42 Å². The fourth-order valence-corrected chi connectivity index (χ4v) is 4.23. The Morgan fingerprint density at radius 1 is 1.00 bits per heavy atom. The van der Waals surface area contributed by atoms with Gasteiger partial charge in [-0.05, 0) is 48.9 Å². The molecule has 3 atom stereocenters. The lowest BCUT2D eigenvalue weighted by atomic mass is 9.76. The van der Waals surface area contributed by atoms with E-state index in [1.54, 1.807) is 13.0 Å². The largest absolute Gasteiger partial charge is 0.472 e. The Morgan fingerprint density at radius 2 is 1.77 bits per heavy atom. The van der Waals surface area contributed by atoms with Crippen molar-refractivity contribution in [3.63, 3.8) is 0 Å². The van der Waals surface area contributed by atoms with E-state index in [2.05, 4.69) is 47.0 Å². The van der Waals surface area contributed by atoms with Gasteiger partial charge in [-0.25, -0.2) is 0 Å². The zero-order valence-electron chi connectivity index (χ0n) is 17.0. The predicted molar refractivity (Wildman–Crippen MR) is 115 cm³/mol. The molecule has 0 spiro atoms. The van der Waals surface area contributed by atoms with Gasteiger partial charge in [0.25, 0.3) is 5.91 Å². The molecule has 2 aromatic carbocycles. The summed E-state index contributed by atoms with van der Waals surface area (Å²) in [6, 6.07) is 19.3. The number of rotatable bonds is 6. The number of nitrogens with one attached hydrogen (secondary N) is 2. The van der Waals surface area contributed by atoms with E-state index in [0.29, 0.717) is 5.56 Å². The van der Waals surface area contributed by atoms with Crippen molar-refractivity contribution in [3.05, 3.63) is 95.4 Å². The lowest BCUT2D eigenvalue weighted by molar-refractivity contribution is -0.123. The molecular formula is C25H26N2O3. The van der Waals surface area contributed by atoms with Crippen LogP contribution >= 0.6 is 0 Å². The maximum absolute atomic E-state index is 13.0. The molecule has 5 nitrogen and oxygen atoms in total. The van der Waals surface area contributed by atoms with Gasteiger partial charge in [-0.15, -0.1) is 0 Å². The topological polar surface area (TPSA) is 71.3 Å². The minimum absolute atomic E-state index is 0.159. The van der Waals surface area contributed by atoms with Gasteiger partial charge in [0.1, 0.15) is 12.3 Å². The normalized spacial score (nSPS) is 17.4. The standard InChI is InChI=1S/C25H26N2O3/c1-17(26-25(29)20-14-15-30-16-20)24(28)27-23(19-9-3-2-4-10-19)22-13-7-11-18-8-5-6-12-21(18)22/h2-6,8-10,12,14-17,22-23H,7,11,13H2,1H3,(H,26,29)(H,27,28)/t17-,22-,23-/m0/s1. The van der Waals surface area contributed by atoms with E-state index in [9.17, 15) is 9.59 Å². The van der Waals surface area contributed by atoms with Gasteiger partial charge in [0.05, 0.1) is 17.9 Å². The van der Waals surface area contributed by atoms with Crippen LogP contribution in [0.15, 0.2) is 77.6 Å². The van der Waals surface area contributed by atoms with Gasteiger partial charge < -0.3 is 15.1 Å². The Hall–Kier alpha value is -3.34. The van der Waals surface area contributed by atoms with Crippen LogP contribution in [0.4, 0.5) is 0 Å². The molecule has 154 valence electrons. The fourth-order valence-electron chi connectivity index (χ4n) is 4.23. The Morgan fingerprint density at radius 3 is 2.53 bits per heavy atom. The molecule has 1 aliphatic rings. The third kappa shape index (κ3) is 4.30. The fraction of sp³-hybridized carbons (Fsp3) is 0.280. The van der Waals surface area contributed by atoms with Crippen LogP contribution in [0.5, 0.6) is 0 Å². The van der Waals surface area contributed by atoms with Crippen molar-refractivity contribution in [2.45, 2.75) is 44.2 Å². The first-order valence-electron chi connectivity index (χ1n) is 10.4. The smallest absolute Gasteiger partial charge is 0.255 e. The van der Waals surface area contributed by atoms with Crippen LogP contribution in [0.2, 0.25) is 0 Å². The van der Waals surface area contributed by atoms with E-state index in [-0.39, 0.29) is 23.8 Å². The summed E-state index contributed by atoms with van der Waals surface area (Å²) in [5, 5.41) is 5.97. The van der Waals surface area contributed by atoms with Gasteiger partial charge >= 0.3 is 0 Å². The molecule has 1 aliphatic carbocycles. The summed E-state index contributed by atoms with van der Waals surface area (Å²) in [6.45, 7) is 1.70. The highest BCUT2D eigenvalue weighted by molar-refractivity contribution is 5.97. The minimum Gasteiger partial charge on any atom is -0.472 e. The van der Waals surface area contributed by atoms with Crippen LogP contribution in [0.1, 0.15) is 58.8 Å². The summed E-state index contributed by atoms with van der Waals surface area (Å²) in [5.41, 5.74) is 4.12. The molecule has 5 heteroatoms. The highest BCUT2D eigenvalue weighted by atomic mass is 16.3. The second-order valence-corrected chi connectivity index (χ2v) is 7.80. The van der Waals surface area contributed by atoms with Crippen LogP contribution in [-0.2, 0) is 11.2 Å². The summed E-state index contributed by atoms with van der Waals surface area (Å²) in [7, 11) is 0. The predicted octanol–water partition coefficient (Wildman–Crippen LogP) is 4.38. The van der Waals surface area contributed by atoms with Gasteiger partial charge in [-0.3, -0.25) is 9.59 Å². The average molecular weight is 402 g/mol. The van der Waals surface area contributed by atoms with Gasteiger partial charge in [0, 0.05) is 5.92 Å². The molecule has 0 radical (unpaired) electrons. The zero-order chi connectivity index (χ0) is 20.9. The maximum Gasteiger partial charge on any atom is 0.255 e. The molecule has 0 saturated carbocycles. The summed E-state index contributed by atoms with van der Waals surface area (Å²) < 4.78 is 4.95. The van der Waals surface area contributed by atoms with Crippen molar-refractivity contribution in [3.8, 4) is 0 Å². The van der Waals surface area contributed by atoms with Crippen molar-refractivity contribution in [2.75, 3.05) is 0 Å². The van der Waals surface area contributed by atoms with Crippen molar-refractivity contribution in [1.29, 1.82) is 0 Å². The van der Waals surface area contributed by atoms with Gasteiger partial charge in [-0.1, -0.05) is 54.6 Å². The van der Waals surface area contributed by atoms with Crippen molar-refractivity contribution < 1.29 is 14.0 Å². The summed E-state index contributed by atoms with van der Waals surface area (Å²) in [6.07, 6.45) is 5.97. The molecule has 1 heterocycles. The number of carbonyl (C=O) groups is 2. The lowest BCUT2D eigenvalue weighted by Gasteiger charge is -2.34. The zero-order valence-corrected chi connectivity index (χ0v) is 17.0. The first kappa shape index (κ1) is 20.0. The highest BCUT2D eigenvalue weighted by Crippen LogP contribution is 2.40. The minimum atomic E-state index is -0.669. The molecule has 3 aromatic rings. The third-order valence-electron chi connectivity index (χ3n) is 5.80. The van der Waals surface area contributed by atoms with Crippen molar-refractivity contribution in [1.82, 2.24) is 10.6 Å². The summed E-state index contributed by atoms with van der Waals surface area (Å²) in [4.78, 5) is 25.3. The van der Waals surface area contributed by atoms with Gasteiger partial charge in [0.15, 0.2) is 0 Å². The molecule has 0 bridgehead atoms. The van der Waals surface area contributed by atoms with Crippen LogP contribution in [-0.4, -0.2) is 17.9 Å². The Kier molecular flexibility index (Phi) is 5.98. The summed E-state index contributed by atoms with van der Waals surface area (Å²) in [5.74, 6) is -0.340. The molecule has 0 unspecified atom stereocenters. The molecule has 1 aromatic heterocycles. The van der Waals surface area contributed by atoms with Gasteiger partial charge in [-0.2, -0.15) is 0 Å². The van der Waals surface area contributed by atoms with E-state index < -0.39 is 6.04 Å². The number of hydrogen-bond donors (Lipinski definition) is 2. The van der Waals surface area contributed by atoms with Crippen LogP contribution in [0.25, 0.3) is 0 Å². The quantitative estimate of drug-likeness (QED) is 0.643. The van der Waals surface area contributed by atoms with E-state index in [0.717, 1.165) is 24.8 Å². The Bertz CT molecular complexity index is 998. The molecule has 0 aliphatic heterocycles. The number of amides is 2. The molecule has 0 fully saturated rings. The second-order valence-electron chi connectivity index (χ2n) is 7.80. The van der Waals surface area contributed by atoms with E-state index in [1.165, 1.54) is 23.7 Å². The molecule has 2 amide bonds. The molecule has 2 N–H and O–H groups in total. The number of carbonyl (C=O) groups excluding carboxylic acids is 2. The SMILES string of the molecule is C[C@H](NC(=O)c1ccoc1)C(=O)N[C@@H](c1ccccc1)[C@H]1CCCc2ccccc21. The number of furan rings is 1. The first-order chi connectivity index (χ1) is 14.6.